The smallest absolute Gasteiger partial charge is 0.166 e. The van der Waals surface area contributed by atoms with E-state index in [9.17, 15) is 4.79 Å². The minimum atomic E-state index is 0.740. The van der Waals surface area contributed by atoms with Gasteiger partial charge in [-0.2, -0.15) is 0 Å². The van der Waals surface area contributed by atoms with Crippen molar-refractivity contribution < 1.29 is 4.79 Å². The monoisotopic (exact) mass is 151 g/mol. The lowest BCUT2D eigenvalue weighted by Crippen LogP contribution is -1.85. The summed E-state index contributed by atoms with van der Waals surface area (Å²) in [5.74, 6) is 0. The van der Waals surface area contributed by atoms with Crippen LogP contribution in [0.5, 0.6) is 0 Å². The summed E-state index contributed by atoms with van der Waals surface area (Å²) < 4.78 is 0. The highest BCUT2D eigenvalue weighted by Gasteiger charge is 2.02. The van der Waals surface area contributed by atoms with Crippen LogP contribution in [0.25, 0.3) is 0 Å². The molecule has 0 fully saturated rings. The van der Waals surface area contributed by atoms with E-state index < -0.39 is 0 Å². The molecule has 2 nitrogen and oxygen atoms in total. The Morgan fingerprint density at radius 1 is 1.45 bits per heavy atom. The highest BCUT2D eigenvalue weighted by atomic mass is 16.1. The molecule has 1 heterocycles. The molecular formula is C9H13NO. The molecule has 0 unspecified atom stereocenters. The van der Waals surface area contributed by atoms with Crippen molar-refractivity contribution in [1.29, 1.82) is 0 Å². The zero-order valence-corrected chi connectivity index (χ0v) is 6.98. The van der Waals surface area contributed by atoms with E-state index in [-0.39, 0.29) is 0 Å². The summed E-state index contributed by atoms with van der Waals surface area (Å²) in [6.07, 6.45) is 2.77. The number of carbonyl (C=O) groups is 1. The second-order valence-electron chi connectivity index (χ2n) is 2.56. The first kappa shape index (κ1) is 8.05. The van der Waals surface area contributed by atoms with Gasteiger partial charge in [-0.25, -0.2) is 0 Å². The Balaban J connectivity index is 3.01. The van der Waals surface area contributed by atoms with Gasteiger partial charge in [0.15, 0.2) is 6.29 Å². The van der Waals surface area contributed by atoms with E-state index >= 15 is 0 Å². The predicted octanol–water partition coefficient (Wildman–Crippen LogP) is 1.95. The standard InChI is InChI=1S/C9H13NO/c1-3-7-5-8(4-2)10-9(7)6-11/h5-6,10H,3-4H2,1-2H3. The molecule has 0 saturated heterocycles. The van der Waals surface area contributed by atoms with Crippen LogP contribution in [0.3, 0.4) is 0 Å². The Hall–Kier alpha value is -1.05. The van der Waals surface area contributed by atoms with Crippen molar-refractivity contribution in [2.75, 3.05) is 0 Å². The predicted molar refractivity (Wildman–Crippen MR) is 44.9 cm³/mol. The third-order valence-electron chi connectivity index (χ3n) is 1.87. The van der Waals surface area contributed by atoms with Crippen LogP contribution in [0, 0.1) is 0 Å². The van der Waals surface area contributed by atoms with Gasteiger partial charge in [0.1, 0.15) is 0 Å². The zero-order valence-electron chi connectivity index (χ0n) is 6.98. The molecule has 1 aromatic heterocycles. The van der Waals surface area contributed by atoms with Gasteiger partial charge in [-0.1, -0.05) is 13.8 Å². The Morgan fingerprint density at radius 3 is 2.55 bits per heavy atom. The van der Waals surface area contributed by atoms with Gasteiger partial charge in [-0.3, -0.25) is 4.79 Å². The molecule has 0 radical (unpaired) electrons. The molecule has 0 aliphatic carbocycles. The molecule has 0 amide bonds. The number of aromatic amines is 1. The summed E-state index contributed by atoms with van der Waals surface area (Å²) in [5, 5.41) is 0. The number of H-pyrrole nitrogens is 1. The third kappa shape index (κ3) is 1.50. The molecule has 0 aromatic carbocycles. The molecule has 1 rings (SSSR count). The Labute approximate surface area is 66.6 Å². The van der Waals surface area contributed by atoms with Crippen molar-refractivity contribution >= 4 is 6.29 Å². The normalized spacial score (nSPS) is 10.0. The maximum absolute atomic E-state index is 10.5. The fraction of sp³-hybridized carbons (Fsp3) is 0.444. The maximum atomic E-state index is 10.5. The highest BCUT2D eigenvalue weighted by molar-refractivity contribution is 5.74. The zero-order chi connectivity index (χ0) is 8.27. The van der Waals surface area contributed by atoms with E-state index in [2.05, 4.69) is 24.9 Å². The minimum absolute atomic E-state index is 0.740. The summed E-state index contributed by atoms with van der Waals surface area (Å²) in [7, 11) is 0. The van der Waals surface area contributed by atoms with Crippen molar-refractivity contribution in [2.24, 2.45) is 0 Å². The van der Waals surface area contributed by atoms with E-state index in [4.69, 9.17) is 0 Å². The minimum Gasteiger partial charge on any atom is -0.356 e. The average molecular weight is 151 g/mol. The number of rotatable bonds is 3. The summed E-state index contributed by atoms with van der Waals surface area (Å²) in [6.45, 7) is 4.12. The second-order valence-corrected chi connectivity index (χ2v) is 2.56. The second kappa shape index (κ2) is 3.37. The number of hydrogen-bond donors (Lipinski definition) is 1. The molecular weight excluding hydrogens is 138 g/mol. The van der Waals surface area contributed by atoms with Gasteiger partial charge in [0.2, 0.25) is 0 Å². The van der Waals surface area contributed by atoms with Crippen molar-refractivity contribution in [2.45, 2.75) is 26.7 Å². The fourth-order valence-electron chi connectivity index (χ4n) is 1.17. The first-order chi connectivity index (χ1) is 5.31. The van der Waals surface area contributed by atoms with Crippen LogP contribution >= 0.6 is 0 Å². The molecule has 0 atom stereocenters. The lowest BCUT2D eigenvalue weighted by atomic mass is 10.2. The lowest BCUT2D eigenvalue weighted by molar-refractivity contribution is 0.111. The van der Waals surface area contributed by atoms with Gasteiger partial charge in [-0.15, -0.1) is 0 Å². The average Bonchev–Trinajstić information content (AvgIpc) is 2.46. The van der Waals surface area contributed by atoms with Gasteiger partial charge in [-0.05, 0) is 24.5 Å². The molecule has 1 aromatic rings. The van der Waals surface area contributed by atoms with Gasteiger partial charge in [0.25, 0.3) is 0 Å². The van der Waals surface area contributed by atoms with Crippen LogP contribution in [0.15, 0.2) is 6.07 Å². The number of carbonyl (C=O) groups excluding carboxylic acids is 1. The third-order valence-corrected chi connectivity index (χ3v) is 1.87. The van der Waals surface area contributed by atoms with Crippen molar-refractivity contribution in [3.05, 3.63) is 23.0 Å². The SMILES string of the molecule is CCc1cc(CC)c(C=O)[nH]1. The highest BCUT2D eigenvalue weighted by Crippen LogP contribution is 2.09. The van der Waals surface area contributed by atoms with Crippen molar-refractivity contribution in [1.82, 2.24) is 4.98 Å². The molecule has 0 spiro atoms. The Kier molecular flexibility index (Phi) is 2.47. The molecule has 0 aliphatic heterocycles. The van der Waals surface area contributed by atoms with Gasteiger partial charge >= 0.3 is 0 Å². The first-order valence-electron chi connectivity index (χ1n) is 3.97. The van der Waals surface area contributed by atoms with Gasteiger partial charge in [0, 0.05) is 5.69 Å². The number of aryl methyl sites for hydroxylation is 2. The fourth-order valence-corrected chi connectivity index (χ4v) is 1.17. The van der Waals surface area contributed by atoms with Crippen LogP contribution in [0.2, 0.25) is 0 Å². The summed E-state index contributed by atoms with van der Waals surface area (Å²) in [6, 6.07) is 2.06. The van der Waals surface area contributed by atoms with Crippen LogP contribution in [-0.4, -0.2) is 11.3 Å². The Morgan fingerprint density at radius 2 is 2.18 bits per heavy atom. The van der Waals surface area contributed by atoms with Crippen molar-refractivity contribution in [3.8, 4) is 0 Å². The number of aldehydes is 1. The number of nitrogens with one attached hydrogen (secondary N) is 1. The van der Waals surface area contributed by atoms with Crippen LogP contribution in [0.4, 0.5) is 0 Å². The molecule has 11 heavy (non-hydrogen) atoms. The van der Waals surface area contributed by atoms with Crippen LogP contribution < -0.4 is 0 Å². The molecule has 1 N–H and O–H groups in total. The largest absolute Gasteiger partial charge is 0.356 e. The van der Waals surface area contributed by atoms with E-state index in [0.717, 1.165) is 36.1 Å². The quantitative estimate of drug-likeness (QED) is 0.658. The van der Waals surface area contributed by atoms with Gasteiger partial charge < -0.3 is 4.98 Å². The summed E-state index contributed by atoms with van der Waals surface area (Å²) >= 11 is 0. The maximum Gasteiger partial charge on any atom is 0.166 e. The topological polar surface area (TPSA) is 32.9 Å². The van der Waals surface area contributed by atoms with E-state index in [1.807, 2.05) is 0 Å². The van der Waals surface area contributed by atoms with E-state index in [0.29, 0.717) is 0 Å². The lowest BCUT2D eigenvalue weighted by Gasteiger charge is -1.87. The van der Waals surface area contributed by atoms with Gasteiger partial charge in [0.05, 0.1) is 5.69 Å². The molecule has 0 bridgehead atoms. The first-order valence-corrected chi connectivity index (χ1v) is 3.97. The van der Waals surface area contributed by atoms with E-state index in [1.165, 1.54) is 0 Å². The van der Waals surface area contributed by atoms with Crippen molar-refractivity contribution in [3.63, 3.8) is 0 Å². The molecule has 60 valence electrons. The summed E-state index contributed by atoms with van der Waals surface area (Å²) in [5.41, 5.74) is 3.00. The molecule has 2 heteroatoms. The van der Waals surface area contributed by atoms with Crippen LogP contribution in [0.1, 0.15) is 35.6 Å². The molecule has 0 aliphatic rings. The number of aromatic nitrogens is 1. The van der Waals surface area contributed by atoms with E-state index in [1.54, 1.807) is 0 Å². The summed E-state index contributed by atoms with van der Waals surface area (Å²) in [4.78, 5) is 13.5. The number of hydrogen-bond acceptors (Lipinski definition) is 1. The molecule has 0 saturated carbocycles. The Bertz CT molecular complexity index is 250. The van der Waals surface area contributed by atoms with Crippen LogP contribution in [-0.2, 0) is 12.8 Å².